The highest BCUT2D eigenvalue weighted by Gasteiger charge is 2.14. The van der Waals surface area contributed by atoms with E-state index >= 15 is 0 Å². The molecule has 0 aliphatic carbocycles. The molecule has 0 unspecified atom stereocenters. The topological polar surface area (TPSA) is 83.5 Å². The summed E-state index contributed by atoms with van der Waals surface area (Å²) in [6.45, 7) is 0. The third-order valence-electron chi connectivity index (χ3n) is 3.23. The molecule has 0 atom stereocenters. The van der Waals surface area contributed by atoms with Gasteiger partial charge in [0.05, 0.1) is 11.3 Å². The van der Waals surface area contributed by atoms with Crippen LogP contribution in [0.25, 0.3) is 0 Å². The Bertz CT molecular complexity index is 790. The molecule has 2 aromatic rings. The molecule has 2 aromatic carbocycles. The van der Waals surface area contributed by atoms with Crippen LogP contribution >= 0.6 is 34.2 Å². The Morgan fingerprint density at radius 3 is 2.33 bits per heavy atom. The maximum Gasteiger partial charge on any atom is 0.337 e. The minimum atomic E-state index is -1.12. The van der Waals surface area contributed by atoms with Crippen molar-refractivity contribution in [1.29, 1.82) is 0 Å². The van der Waals surface area contributed by atoms with Crippen LogP contribution in [0.1, 0.15) is 33.6 Å². The first-order valence-electron chi connectivity index (χ1n) is 6.98. The van der Waals surface area contributed by atoms with E-state index in [4.69, 9.17) is 11.6 Å². The molecule has 2 rings (SSSR count). The molecule has 0 aromatic heterocycles. The first-order valence-corrected chi connectivity index (χ1v) is 8.44. The number of nitrogens with one attached hydrogen (secondary N) is 1. The summed E-state index contributed by atoms with van der Waals surface area (Å²) in [5.41, 5.74) is 0.707. The fraction of sp³-hybridized carbons (Fsp3) is 0.118. The number of aromatic carboxylic acids is 1. The van der Waals surface area contributed by atoms with Crippen LogP contribution in [0.2, 0.25) is 5.02 Å². The van der Waals surface area contributed by atoms with Crippen LogP contribution in [0, 0.1) is 3.57 Å². The molecule has 5 nitrogen and oxygen atoms in total. The third-order valence-corrected chi connectivity index (χ3v) is 4.15. The molecular formula is C17H13ClINO4. The lowest BCUT2D eigenvalue weighted by atomic mass is 10.1. The molecule has 0 aliphatic rings. The van der Waals surface area contributed by atoms with Gasteiger partial charge in [-0.25, -0.2) is 4.79 Å². The number of amides is 1. The van der Waals surface area contributed by atoms with Crippen LogP contribution in [0.3, 0.4) is 0 Å². The fourth-order valence-corrected chi connectivity index (χ4v) is 2.64. The van der Waals surface area contributed by atoms with E-state index in [0.29, 0.717) is 10.6 Å². The molecule has 0 heterocycles. The second kappa shape index (κ2) is 8.25. The van der Waals surface area contributed by atoms with E-state index in [0.717, 1.165) is 3.57 Å². The lowest BCUT2D eigenvalue weighted by Crippen LogP contribution is -2.16. The smallest absolute Gasteiger partial charge is 0.337 e. The van der Waals surface area contributed by atoms with E-state index in [1.54, 1.807) is 30.3 Å². The first-order chi connectivity index (χ1) is 11.4. The highest BCUT2D eigenvalue weighted by atomic mass is 127. The van der Waals surface area contributed by atoms with Gasteiger partial charge in [-0.1, -0.05) is 11.6 Å². The highest BCUT2D eigenvalue weighted by molar-refractivity contribution is 14.1. The number of benzene rings is 2. The molecule has 0 aliphatic heterocycles. The second-order valence-corrected chi connectivity index (χ2v) is 6.66. The summed E-state index contributed by atoms with van der Waals surface area (Å²) in [4.78, 5) is 35.2. The minimum Gasteiger partial charge on any atom is -0.478 e. The van der Waals surface area contributed by atoms with E-state index in [1.807, 2.05) is 22.6 Å². The van der Waals surface area contributed by atoms with Gasteiger partial charge < -0.3 is 10.4 Å². The number of hydrogen-bond acceptors (Lipinski definition) is 3. The van der Waals surface area contributed by atoms with Gasteiger partial charge in [-0.2, -0.15) is 0 Å². The molecule has 0 bridgehead atoms. The van der Waals surface area contributed by atoms with Crippen LogP contribution in [-0.4, -0.2) is 22.8 Å². The van der Waals surface area contributed by atoms with E-state index in [9.17, 15) is 19.5 Å². The summed E-state index contributed by atoms with van der Waals surface area (Å²) in [5, 5.41) is 12.2. The molecule has 0 fully saturated rings. The molecule has 7 heteroatoms. The number of halogens is 2. The Morgan fingerprint density at radius 1 is 1.04 bits per heavy atom. The summed E-state index contributed by atoms with van der Waals surface area (Å²) in [6, 6.07) is 11.1. The van der Waals surface area contributed by atoms with Crippen molar-refractivity contribution in [2.24, 2.45) is 0 Å². The number of carbonyl (C=O) groups excluding carboxylic acids is 2. The van der Waals surface area contributed by atoms with Gasteiger partial charge in [0.2, 0.25) is 5.91 Å². The van der Waals surface area contributed by atoms with Crippen LogP contribution in [-0.2, 0) is 4.79 Å². The Morgan fingerprint density at radius 2 is 1.71 bits per heavy atom. The number of carboxylic acid groups (broad SMARTS) is 1. The quantitative estimate of drug-likeness (QED) is 0.502. The van der Waals surface area contributed by atoms with E-state index in [2.05, 4.69) is 5.32 Å². The number of carbonyl (C=O) groups is 3. The summed E-state index contributed by atoms with van der Waals surface area (Å²) in [5.74, 6) is -1.72. The maximum atomic E-state index is 12.0. The van der Waals surface area contributed by atoms with Crippen molar-refractivity contribution in [2.75, 3.05) is 5.32 Å². The number of rotatable bonds is 6. The van der Waals surface area contributed by atoms with Crippen molar-refractivity contribution in [3.8, 4) is 0 Å². The molecule has 0 radical (unpaired) electrons. The number of anilines is 1. The standard InChI is InChI=1S/C17H13ClINO4/c18-11-3-1-10(2-4-11)15(21)7-8-16(22)20-14-6-5-12(19)9-13(14)17(23)24/h1-6,9H,7-8H2,(H,20,22)(H,23,24). The van der Waals surface area contributed by atoms with Gasteiger partial charge in [0.15, 0.2) is 5.78 Å². The average molecular weight is 458 g/mol. The lowest BCUT2D eigenvalue weighted by Gasteiger charge is -2.09. The van der Waals surface area contributed by atoms with Gasteiger partial charge in [-0.3, -0.25) is 9.59 Å². The molecule has 24 heavy (non-hydrogen) atoms. The Kier molecular flexibility index (Phi) is 6.33. The maximum absolute atomic E-state index is 12.0. The van der Waals surface area contributed by atoms with Gasteiger partial charge in [-0.05, 0) is 65.1 Å². The fourth-order valence-electron chi connectivity index (χ4n) is 2.02. The number of hydrogen-bond donors (Lipinski definition) is 2. The Hall–Kier alpha value is -1.93. The summed E-state index contributed by atoms with van der Waals surface area (Å²) >= 11 is 7.75. The molecule has 1 amide bonds. The second-order valence-electron chi connectivity index (χ2n) is 4.97. The van der Waals surface area contributed by atoms with E-state index in [-0.39, 0.29) is 29.9 Å². The van der Waals surface area contributed by atoms with Gasteiger partial charge in [0.1, 0.15) is 0 Å². The van der Waals surface area contributed by atoms with Crippen LogP contribution in [0.4, 0.5) is 5.69 Å². The zero-order valence-electron chi connectivity index (χ0n) is 12.4. The Balaban J connectivity index is 1.98. The zero-order chi connectivity index (χ0) is 17.7. The normalized spacial score (nSPS) is 10.2. The monoisotopic (exact) mass is 457 g/mol. The number of Topliss-reactive ketones (excluding diaryl/α,β-unsaturated/α-hetero) is 1. The molecule has 2 N–H and O–H groups in total. The minimum absolute atomic E-state index is 0.0132. The van der Waals surface area contributed by atoms with Crippen molar-refractivity contribution >= 4 is 57.5 Å². The summed E-state index contributed by atoms with van der Waals surface area (Å²) in [6.07, 6.45) is -0.00720. The van der Waals surface area contributed by atoms with Crippen LogP contribution < -0.4 is 5.32 Å². The van der Waals surface area contributed by atoms with Crippen molar-refractivity contribution in [1.82, 2.24) is 0 Å². The van der Waals surface area contributed by atoms with Gasteiger partial charge in [-0.15, -0.1) is 0 Å². The predicted molar refractivity (Wildman–Crippen MR) is 99.8 cm³/mol. The van der Waals surface area contributed by atoms with Crippen LogP contribution in [0.15, 0.2) is 42.5 Å². The van der Waals surface area contributed by atoms with Gasteiger partial charge in [0.25, 0.3) is 0 Å². The van der Waals surface area contributed by atoms with E-state index in [1.165, 1.54) is 12.1 Å². The summed E-state index contributed by atoms with van der Waals surface area (Å²) in [7, 11) is 0. The molecule has 0 saturated carbocycles. The number of carboxylic acids is 1. The zero-order valence-corrected chi connectivity index (χ0v) is 15.3. The number of ketones is 1. The molecule has 0 saturated heterocycles. The average Bonchev–Trinajstić information content (AvgIpc) is 2.54. The van der Waals surface area contributed by atoms with Crippen molar-refractivity contribution in [3.05, 3.63) is 62.2 Å². The lowest BCUT2D eigenvalue weighted by molar-refractivity contribution is -0.116. The van der Waals surface area contributed by atoms with Crippen LogP contribution in [0.5, 0.6) is 0 Å². The Labute approximate surface area is 157 Å². The van der Waals surface area contributed by atoms with Crippen molar-refractivity contribution in [2.45, 2.75) is 12.8 Å². The van der Waals surface area contributed by atoms with E-state index < -0.39 is 11.9 Å². The predicted octanol–water partition coefficient (Wildman–Crippen LogP) is 4.24. The third kappa shape index (κ3) is 5.04. The highest BCUT2D eigenvalue weighted by Crippen LogP contribution is 2.19. The SMILES string of the molecule is O=C(CCC(=O)c1ccc(Cl)cc1)Nc1ccc(I)cc1C(=O)O. The van der Waals surface area contributed by atoms with Crippen molar-refractivity contribution < 1.29 is 19.5 Å². The van der Waals surface area contributed by atoms with Gasteiger partial charge >= 0.3 is 5.97 Å². The van der Waals surface area contributed by atoms with Crippen molar-refractivity contribution in [3.63, 3.8) is 0 Å². The summed E-state index contributed by atoms with van der Waals surface area (Å²) < 4.78 is 0.751. The molecular weight excluding hydrogens is 445 g/mol. The largest absolute Gasteiger partial charge is 0.478 e. The first kappa shape index (κ1) is 18.4. The van der Waals surface area contributed by atoms with Gasteiger partial charge in [0, 0.05) is 27.0 Å². The molecule has 124 valence electrons. The molecule has 0 spiro atoms.